The van der Waals surface area contributed by atoms with Crippen molar-refractivity contribution in [1.29, 1.82) is 0 Å². The van der Waals surface area contributed by atoms with E-state index in [1.54, 1.807) is 0 Å². The Hall–Kier alpha value is -0.390. The fourth-order valence-corrected chi connectivity index (χ4v) is 1.55. The molecule has 0 N–H and O–H groups in total. The Balaban J connectivity index is 3.15. The summed E-state index contributed by atoms with van der Waals surface area (Å²) in [4.78, 5) is 12.9. The van der Waals surface area contributed by atoms with Gasteiger partial charge in [-0.05, 0) is 11.3 Å². The van der Waals surface area contributed by atoms with Crippen molar-refractivity contribution >= 4 is 39.5 Å². The van der Waals surface area contributed by atoms with Gasteiger partial charge in [0.2, 0.25) is 5.15 Å². The molecule has 0 aromatic carbocycles. The minimum absolute atomic E-state index is 0.0803. The van der Waals surface area contributed by atoms with Crippen LogP contribution in [0, 0.1) is 10.1 Å². The molecule has 0 atom stereocenters. The zero-order valence-electron chi connectivity index (χ0n) is 4.38. The second-order valence-corrected chi connectivity index (χ2v) is 3.24. The third-order valence-electron chi connectivity index (χ3n) is 0.709. The van der Waals surface area contributed by atoms with Crippen LogP contribution < -0.4 is 0 Å². The van der Waals surface area contributed by atoms with Crippen LogP contribution in [0.2, 0.25) is 9.62 Å². The average molecular weight is 199 g/mol. The molecule has 1 aromatic rings. The first-order valence-corrected chi connectivity index (χ1v) is 3.64. The van der Waals surface area contributed by atoms with E-state index in [-0.39, 0.29) is 14.6 Å². The van der Waals surface area contributed by atoms with Crippen molar-refractivity contribution in [3.8, 4) is 0 Å². The van der Waals surface area contributed by atoms with Gasteiger partial charge in [-0.25, -0.2) is 4.98 Å². The van der Waals surface area contributed by atoms with Gasteiger partial charge in [-0.1, -0.05) is 23.2 Å². The van der Waals surface area contributed by atoms with Crippen molar-refractivity contribution in [2.75, 3.05) is 0 Å². The van der Waals surface area contributed by atoms with Crippen molar-refractivity contribution in [1.82, 2.24) is 4.98 Å². The third-order valence-corrected chi connectivity index (χ3v) is 2.20. The quantitative estimate of drug-likeness (QED) is 0.515. The number of hydrogen-bond donors (Lipinski definition) is 0. The van der Waals surface area contributed by atoms with Crippen LogP contribution in [0.4, 0.5) is 5.00 Å². The van der Waals surface area contributed by atoms with Crippen molar-refractivity contribution in [2.24, 2.45) is 0 Å². The average Bonchev–Trinajstić information content (AvgIpc) is 2.10. The number of aromatic nitrogens is 1. The molecule has 0 bridgehead atoms. The summed E-state index contributed by atoms with van der Waals surface area (Å²) in [5, 5.41) is 9.70. The van der Waals surface area contributed by atoms with Gasteiger partial charge in [-0.2, -0.15) is 0 Å². The number of rotatable bonds is 1. The zero-order chi connectivity index (χ0) is 7.72. The molecule has 1 aromatic heterocycles. The minimum Gasteiger partial charge on any atom is -0.257 e. The van der Waals surface area contributed by atoms with Gasteiger partial charge in [0.25, 0.3) is 0 Å². The van der Waals surface area contributed by atoms with E-state index in [1.165, 1.54) is 0 Å². The number of nitro groups is 1. The van der Waals surface area contributed by atoms with Crippen LogP contribution in [-0.4, -0.2) is 9.91 Å². The fourth-order valence-electron chi connectivity index (χ4n) is 0.382. The summed E-state index contributed by atoms with van der Waals surface area (Å²) in [6.45, 7) is 0. The molecular formula is C3Cl2N2O2S. The molecule has 0 amide bonds. The van der Waals surface area contributed by atoms with Crippen molar-refractivity contribution in [3.05, 3.63) is 19.7 Å². The van der Waals surface area contributed by atoms with E-state index in [4.69, 9.17) is 23.2 Å². The first-order chi connectivity index (χ1) is 4.61. The van der Waals surface area contributed by atoms with Gasteiger partial charge < -0.3 is 0 Å². The smallest absolute Gasteiger partial charge is 0.257 e. The normalized spacial score (nSPS) is 9.80. The van der Waals surface area contributed by atoms with Gasteiger partial charge in [-0.15, -0.1) is 0 Å². The maximum atomic E-state index is 10.1. The van der Waals surface area contributed by atoms with Crippen LogP contribution in [0.1, 0.15) is 0 Å². The summed E-state index contributed by atoms with van der Waals surface area (Å²) >= 11 is 11.4. The van der Waals surface area contributed by atoms with E-state index in [0.29, 0.717) is 0 Å². The van der Waals surface area contributed by atoms with Crippen molar-refractivity contribution in [3.63, 3.8) is 0 Å². The van der Waals surface area contributed by atoms with Gasteiger partial charge >= 0.3 is 5.00 Å². The van der Waals surface area contributed by atoms with E-state index in [9.17, 15) is 10.1 Å². The van der Waals surface area contributed by atoms with Crippen LogP contribution in [0.15, 0.2) is 0 Å². The molecule has 1 rings (SSSR count). The molecule has 0 radical (unpaired) electrons. The van der Waals surface area contributed by atoms with Gasteiger partial charge in [-0.3, -0.25) is 10.1 Å². The molecule has 54 valence electrons. The molecule has 0 aliphatic rings. The fraction of sp³-hybridized carbons (Fsp3) is 0. The van der Waals surface area contributed by atoms with Gasteiger partial charge in [0.15, 0.2) is 4.47 Å². The Bertz CT molecular complexity index is 273. The van der Waals surface area contributed by atoms with Crippen molar-refractivity contribution in [2.45, 2.75) is 0 Å². The number of hydrogen-bond acceptors (Lipinski definition) is 4. The Morgan fingerprint density at radius 1 is 1.60 bits per heavy atom. The standard InChI is InChI=1S/C3Cl2N2O2S/c4-1-2(7(8)9)10-3(5)6-1. The summed E-state index contributed by atoms with van der Waals surface area (Å²) in [5.41, 5.74) is 0. The topological polar surface area (TPSA) is 56.0 Å². The molecule has 10 heavy (non-hydrogen) atoms. The highest BCUT2D eigenvalue weighted by atomic mass is 35.5. The van der Waals surface area contributed by atoms with E-state index >= 15 is 0 Å². The molecule has 4 nitrogen and oxygen atoms in total. The highest BCUT2D eigenvalue weighted by molar-refractivity contribution is 7.19. The summed E-state index contributed by atoms with van der Waals surface area (Å²) in [6.07, 6.45) is 0. The molecular weight excluding hydrogens is 199 g/mol. The lowest BCUT2D eigenvalue weighted by Crippen LogP contribution is -1.82. The highest BCUT2D eigenvalue weighted by Gasteiger charge is 2.17. The summed E-state index contributed by atoms with van der Waals surface area (Å²) in [7, 11) is 0. The lowest BCUT2D eigenvalue weighted by Gasteiger charge is -1.79. The number of thiazole rings is 1. The van der Waals surface area contributed by atoms with Crippen LogP contribution in [0.5, 0.6) is 0 Å². The van der Waals surface area contributed by atoms with Crippen LogP contribution in [0.3, 0.4) is 0 Å². The highest BCUT2D eigenvalue weighted by Crippen LogP contribution is 2.33. The van der Waals surface area contributed by atoms with Gasteiger partial charge in [0, 0.05) is 0 Å². The van der Waals surface area contributed by atoms with Crippen LogP contribution >= 0.6 is 34.5 Å². The largest absolute Gasteiger partial charge is 0.364 e. The molecule has 0 spiro atoms. The third kappa shape index (κ3) is 1.36. The molecule has 0 aliphatic heterocycles. The van der Waals surface area contributed by atoms with E-state index in [0.717, 1.165) is 11.3 Å². The number of nitrogens with zero attached hydrogens (tertiary/aromatic N) is 2. The lowest BCUT2D eigenvalue weighted by molar-refractivity contribution is -0.380. The zero-order valence-corrected chi connectivity index (χ0v) is 6.70. The van der Waals surface area contributed by atoms with Crippen molar-refractivity contribution < 1.29 is 4.92 Å². The minimum atomic E-state index is -0.619. The molecule has 0 saturated heterocycles. The predicted octanol–water partition coefficient (Wildman–Crippen LogP) is 2.36. The van der Waals surface area contributed by atoms with E-state index in [1.807, 2.05) is 0 Å². The first-order valence-electron chi connectivity index (χ1n) is 2.07. The monoisotopic (exact) mass is 198 g/mol. The maximum Gasteiger partial charge on any atom is 0.364 e. The van der Waals surface area contributed by atoms with Crippen LogP contribution in [0.25, 0.3) is 0 Å². The molecule has 0 fully saturated rings. The molecule has 0 aliphatic carbocycles. The second-order valence-electron chi connectivity index (χ2n) is 1.32. The van der Waals surface area contributed by atoms with E-state index < -0.39 is 4.92 Å². The first kappa shape index (κ1) is 7.71. The predicted molar refractivity (Wildman–Crippen MR) is 38.8 cm³/mol. The van der Waals surface area contributed by atoms with E-state index in [2.05, 4.69) is 4.98 Å². The Morgan fingerprint density at radius 3 is 2.40 bits per heavy atom. The second kappa shape index (κ2) is 2.69. The molecule has 0 saturated carbocycles. The summed E-state index contributed by atoms with van der Waals surface area (Å²) < 4.78 is 0.0803. The van der Waals surface area contributed by atoms with Gasteiger partial charge in [0.05, 0.1) is 4.92 Å². The lowest BCUT2D eigenvalue weighted by atomic mass is 10.9. The SMILES string of the molecule is O=[N+]([O-])c1sc(Cl)nc1Cl. The van der Waals surface area contributed by atoms with Crippen LogP contribution in [-0.2, 0) is 0 Å². The number of halogens is 2. The Labute approximate surface area is 69.6 Å². The Kier molecular flexibility index (Phi) is 2.08. The molecule has 1 heterocycles. The maximum absolute atomic E-state index is 10.1. The molecule has 0 unspecified atom stereocenters. The Morgan fingerprint density at radius 2 is 2.20 bits per heavy atom. The summed E-state index contributed by atoms with van der Waals surface area (Å²) in [5.74, 6) is 0. The van der Waals surface area contributed by atoms with Gasteiger partial charge in [0.1, 0.15) is 0 Å². The molecule has 7 heteroatoms. The summed E-state index contributed by atoms with van der Waals surface area (Å²) in [6, 6.07) is 0.